The molecule has 0 spiro atoms. The third-order valence-electron chi connectivity index (χ3n) is 5.42. The Bertz CT molecular complexity index is 580. The molecule has 0 aliphatic carbocycles. The zero-order valence-electron chi connectivity index (χ0n) is 18.5. The van der Waals surface area contributed by atoms with Gasteiger partial charge in [0.1, 0.15) is 0 Å². The molecule has 0 bridgehead atoms. The maximum Gasteiger partial charge on any atom is 0.341 e. The van der Waals surface area contributed by atoms with E-state index in [0.717, 1.165) is 34.7 Å². The number of carbonyl (C=O) groups excluding carboxylic acids is 2. The Kier molecular flexibility index (Phi) is 13.0. The summed E-state index contributed by atoms with van der Waals surface area (Å²) in [5, 5.41) is 2.72. The van der Waals surface area contributed by atoms with Crippen LogP contribution in [0.3, 0.4) is 0 Å². The van der Waals surface area contributed by atoms with Gasteiger partial charge in [0.25, 0.3) is 0 Å². The Hall–Kier alpha value is -1.31. The van der Waals surface area contributed by atoms with Crippen molar-refractivity contribution in [2.45, 2.75) is 96.8 Å². The van der Waals surface area contributed by atoms with E-state index in [1.165, 1.54) is 70.6 Å². The van der Waals surface area contributed by atoms with Crippen molar-refractivity contribution in [1.82, 2.24) is 14.5 Å². The lowest BCUT2D eigenvalue weighted by Gasteiger charge is -2.16. The zero-order chi connectivity index (χ0) is 21.5. The Morgan fingerprint density at radius 3 is 1.69 bits per heavy atom. The van der Waals surface area contributed by atoms with Gasteiger partial charge in [-0.2, -0.15) is 0 Å². The van der Waals surface area contributed by atoms with Crippen LogP contribution in [0.5, 0.6) is 0 Å². The molecular formula is C21H41N3O4S. The number of urea groups is 2. The second kappa shape index (κ2) is 14.6. The summed E-state index contributed by atoms with van der Waals surface area (Å²) in [6.07, 6.45) is 18.9. The van der Waals surface area contributed by atoms with Crippen molar-refractivity contribution in [3.05, 3.63) is 0 Å². The second-order valence-electron chi connectivity index (χ2n) is 8.10. The fourth-order valence-corrected chi connectivity index (χ4v) is 4.42. The van der Waals surface area contributed by atoms with Crippen molar-refractivity contribution in [2.24, 2.45) is 0 Å². The van der Waals surface area contributed by atoms with Crippen molar-refractivity contribution in [1.29, 1.82) is 0 Å². The molecule has 1 aliphatic rings. The molecular weight excluding hydrogens is 390 g/mol. The number of unbranched alkanes of at least 4 members (excludes halogenated alkanes) is 13. The minimum absolute atomic E-state index is 0.0317. The summed E-state index contributed by atoms with van der Waals surface area (Å²) in [6.45, 7) is 2.91. The van der Waals surface area contributed by atoms with Crippen molar-refractivity contribution < 1.29 is 18.0 Å². The minimum Gasteiger partial charge on any atom is -0.338 e. The summed E-state index contributed by atoms with van der Waals surface area (Å²) in [7, 11) is -3.61. The van der Waals surface area contributed by atoms with Crippen LogP contribution >= 0.6 is 0 Å². The van der Waals surface area contributed by atoms with Gasteiger partial charge in [-0.05, 0) is 6.42 Å². The maximum absolute atomic E-state index is 12.0. The third-order valence-corrected chi connectivity index (χ3v) is 6.56. The van der Waals surface area contributed by atoms with Crippen molar-refractivity contribution in [3.8, 4) is 0 Å². The molecule has 1 N–H and O–H groups in total. The van der Waals surface area contributed by atoms with Crippen LogP contribution in [0.2, 0.25) is 0 Å². The first-order valence-electron chi connectivity index (χ1n) is 11.4. The standard InChI is InChI=1S/C21H41N3O4S/c1-3-4-5-6-7-8-9-10-11-12-13-14-15-16-17-22-20(25)23-18-19-24(21(23)26)29(2,27)28/h3-19H2,1-2H3,(H,22,25). The molecule has 0 aromatic rings. The Morgan fingerprint density at radius 1 is 0.828 bits per heavy atom. The topological polar surface area (TPSA) is 86.8 Å². The Balaban J connectivity index is 1.92. The molecule has 0 saturated carbocycles. The summed E-state index contributed by atoms with van der Waals surface area (Å²) in [5.74, 6) is 0. The van der Waals surface area contributed by atoms with E-state index in [2.05, 4.69) is 12.2 Å². The van der Waals surface area contributed by atoms with Crippen LogP contribution in [-0.4, -0.2) is 55.6 Å². The maximum atomic E-state index is 12.0. The Labute approximate surface area is 177 Å². The van der Waals surface area contributed by atoms with Gasteiger partial charge in [-0.25, -0.2) is 27.2 Å². The van der Waals surface area contributed by atoms with E-state index in [1.807, 2.05) is 0 Å². The van der Waals surface area contributed by atoms with E-state index in [1.54, 1.807) is 0 Å². The van der Waals surface area contributed by atoms with Crippen LogP contribution in [0.15, 0.2) is 0 Å². The van der Waals surface area contributed by atoms with Gasteiger partial charge in [0, 0.05) is 6.54 Å². The number of amides is 4. The van der Waals surface area contributed by atoms with Gasteiger partial charge >= 0.3 is 12.1 Å². The molecule has 8 heteroatoms. The highest BCUT2D eigenvalue weighted by Crippen LogP contribution is 2.14. The number of nitrogens with zero attached hydrogens (tertiary/aromatic N) is 2. The van der Waals surface area contributed by atoms with Gasteiger partial charge in [0.15, 0.2) is 0 Å². The second-order valence-corrected chi connectivity index (χ2v) is 10.0. The fourth-order valence-electron chi connectivity index (χ4n) is 3.62. The summed E-state index contributed by atoms with van der Waals surface area (Å²) in [6, 6.07) is -1.26. The van der Waals surface area contributed by atoms with Crippen molar-refractivity contribution in [2.75, 3.05) is 25.9 Å². The molecule has 1 heterocycles. The quantitative estimate of drug-likeness (QED) is 0.353. The highest BCUT2D eigenvalue weighted by Gasteiger charge is 2.37. The molecule has 1 aliphatic heterocycles. The summed E-state index contributed by atoms with van der Waals surface area (Å²) in [4.78, 5) is 25.0. The van der Waals surface area contributed by atoms with Gasteiger partial charge in [-0.3, -0.25) is 0 Å². The van der Waals surface area contributed by atoms with E-state index in [4.69, 9.17) is 0 Å². The van der Waals surface area contributed by atoms with Crippen LogP contribution in [0.25, 0.3) is 0 Å². The van der Waals surface area contributed by atoms with Crippen LogP contribution < -0.4 is 5.32 Å². The van der Waals surface area contributed by atoms with Gasteiger partial charge in [0.05, 0.1) is 19.3 Å². The van der Waals surface area contributed by atoms with Crippen LogP contribution in [0.4, 0.5) is 9.59 Å². The van der Waals surface area contributed by atoms with Crippen LogP contribution in [-0.2, 0) is 10.0 Å². The van der Waals surface area contributed by atoms with E-state index in [0.29, 0.717) is 6.54 Å². The number of sulfonamides is 1. The molecule has 0 atom stereocenters. The van der Waals surface area contributed by atoms with E-state index in [9.17, 15) is 18.0 Å². The van der Waals surface area contributed by atoms with E-state index < -0.39 is 22.1 Å². The van der Waals surface area contributed by atoms with E-state index in [-0.39, 0.29) is 13.1 Å². The van der Waals surface area contributed by atoms with Gasteiger partial charge in [-0.1, -0.05) is 90.4 Å². The molecule has 4 amide bonds. The smallest absolute Gasteiger partial charge is 0.338 e. The highest BCUT2D eigenvalue weighted by molar-refractivity contribution is 7.88. The van der Waals surface area contributed by atoms with Gasteiger partial charge < -0.3 is 5.32 Å². The van der Waals surface area contributed by atoms with Crippen LogP contribution in [0, 0.1) is 0 Å². The third kappa shape index (κ3) is 10.9. The number of rotatable bonds is 16. The average molecular weight is 432 g/mol. The number of hydrogen-bond acceptors (Lipinski definition) is 4. The predicted molar refractivity (Wildman–Crippen MR) is 117 cm³/mol. The first-order chi connectivity index (χ1) is 13.9. The molecule has 0 radical (unpaired) electrons. The van der Waals surface area contributed by atoms with Gasteiger partial charge in [0.2, 0.25) is 10.0 Å². The first kappa shape index (κ1) is 25.7. The normalized spacial score (nSPS) is 14.6. The predicted octanol–water partition coefficient (Wildman–Crippen LogP) is 4.87. The molecule has 1 rings (SSSR count). The SMILES string of the molecule is CCCCCCCCCCCCCCCCNC(=O)N1CCN(S(C)(=O)=O)C1=O. The summed E-state index contributed by atoms with van der Waals surface area (Å²) >= 11 is 0. The monoisotopic (exact) mass is 431 g/mol. The number of hydrogen-bond donors (Lipinski definition) is 1. The van der Waals surface area contributed by atoms with Crippen LogP contribution in [0.1, 0.15) is 96.8 Å². The summed E-state index contributed by atoms with van der Waals surface area (Å²) < 4.78 is 23.7. The summed E-state index contributed by atoms with van der Waals surface area (Å²) in [5.41, 5.74) is 0. The largest absolute Gasteiger partial charge is 0.341 e. The lowest BCUT2D eigenvalue weighted by molar-refractivity contribution is 0.194. The number of imide groups is 1. The van der Waals surface area contributed by atoms with Crippen molar-refractivity contribution in [3.63, 3.8) is 0 Å². The van der Waals surface area contributed by atoms with Gasteiger partial charge in [-0.15, -0.1) is 0 Å². The first-order valence-corrected chi connectivity index (χ1v) is 13.3. The zero-order valence-corrected chi connectivity index (χ0v) is 19.3. The van der Waals surface area contributed by atoms with E-state index >= 15 is 0 Å². The molecule has 0 aromatic heterocycles. The molecule has 1 fully saturated rings. The Morgan fingerprint density at radius 2 is 1.28 bits per heavy atom. The lowest BCUT2D eigenvalue weighted by Crippen LogP contribution is -2.43. The molecule has 1 saturated heterocycles. The lowest BCUT2D eigenvalue weighted by atomic mass is 10.0. The number of carbonyl (C=O) groups is 2. The average Bonchev–Trinajstić information content (AvgIpc) is 3.06. The molecule has 7 nitrogen and oxygen atoms in total. The fraction of sp³-hybridized carbons (Fsp3) is 0.905. The molecule has 170 valence electrons. The number of nitrogens with one attached hydrogen (secondary N) is 1. The highest BCUT2D eigenvalue weighted by atomic mass is 32.2. The molecule has 29 heavy (non-hydrogen) atoms. The molecule has 0 aromatic carbocycles. The van der Waals surface area contributed by atoms with Crippen molar-refractivity contribution >= 4 is 22.1 Å². The molecule has 0 unspecified atom stereocenters. The minimum atomic E-state index is -3.61.